The highest BCUT2D eigenvalue weighted by Crippen LogP contribution is 2.25. The van der Waals surface area contributed by atoms with E-state index in [0.717, 1.165) is 25.7 Å². The SMILES string of the molecule is NC(=O)CN(CC(=O)c1ccc(Cl)s1)C1CCCC1. The van der Waals surface area contributed by atoms with E-state index in [2.05, 4.69) is 0 Å². The average molecular weight is 301 g/mol. The highest BCUT2D eigenvalue weighted by molar-refractivity contribution is 7.18. The van der Waals surface area contributed by atoms with Crippen LogP contribution in [0.2, 0.25) is 4.34 Å². The number of hydrogen-bond donors (Lipinski definition) is 1. The fraction of sp³-hybridized carbons (Fsp3) is 0.538. The molecule has 1 amide bonds. The van der Waals surface area contributed by atoms with E-state index in [-0.39, 0.29) is 24.8 Å². The number of amides is 1. The summed E-state index contributed by atoms with van der Waals surface area (Å²) in [5.74, 6) is -0.381. The molecule has 104 valence electrons. The number of nitrogens with two attached hydrogens (primary N) is 1. The Bertz CT molecular complexity index is 469. The first-order valence-corrected chi connectivity index (χ1v) is 7.56. The minimum Gasteiger partial charge on any atom is -0.369 e. The van der Waals surface area contributed by atoms with Crippen LogP contribution in [0.5, 0.6) is 0 Å². The number of nitrogens with zero attached hydrogens (tertiary/aromatic N) is 1. The summed E-state index contributed by atoms with van der Waals surface area (Å²) >= 11 is 7.10. The topological polar surface area (TPSA) is 63.4 Å². The first-order valence-electron chi connectivity index (χ1n) is 6.37. The van der Waals surface area contributed by atoms with Gasteiger partial charge in [-0.1, -0.05) is 24.4 Å². The van der Waals surface area contributed by atoms with Crippen LogP contribution in [0.25, 0.3) is 0 Å². The summed E-state index contributed by atoms with van der Waals surface area (Å²) in [6, 6.07) is 3.74. The number of hydrogen-bond acceptors (Lipinski definition) is 4. The minimum absolute atomic E-state index is 0.00468. The molecule has 2 N–H and O–H groups in total. The van der Waals surface area contributed by atoms with Gasteiger partial charge in [-0.2, -0.15) is 0 Å². The molecular weight excluding hydrogens is 284 g/mol. The summed E-state index contributed by atoms with van der Waals surface area (Å²) in [7, 11) is 0. The molecule has 19 heavy (non-hydrogen) atoms. The van der Waals surface area contributed by atoms with Crippen LogP contribution in [0.1, 0.15) is 35.4 Å². The van der Waals surface area contributed by atoms with Crippen LogP contribution < -0.4 is 5.73 Å². The molecule has 0 aliphatic heterocycles. The number of ketones is 1. The van der Waals surface area contributed by atoms with E-state index < -0.39 is 0 Å². The minimum atomic E-state index is -0.385. The molecule has 6 heteroatoms. The molecule has 1 aliphatic rings. The van der Waals surface area contributed by atoms with Gasteiger partial charge in [-0.15, -0.1) is 11.3 Å². The normalized spacial score (nSPS) is 16.1. The van der Waals surface area contributed by atoms with Crippen molar-refractivity contribution in [1.82, 2.24) is 4.90 Å². The summed E-state index contributed by atoms with van der Waals surface area (Å²) in [6.07, 6.45) is 4.37. The number of thiophene rings is 1. The van der Waals surface area contributed by atoms with E-state index in [0.29, 0.717) is 15.3 Å². The van der Waals surface area contributed by atoms with Crippen molar-refractivity contribution in [2.75, 3.05) is 13.1 Å². The summed E-state index contributed by atoms with van der Waals surface area (Å²) in [5, 5.41) is 0. The van der Waals surface area contributed by atoms with Gasteiger partial charge in [0.1, 0.15) is 0 Å². The Kier molecular flexibility index (Phi) is 4.96. The zero-order valence-electron chi connectivity index (χ0n) is 10.6. The number of Topliss-reactive ketones (excluding diaryl/α,β-unsaturated/α-hetero) is 1. The van der Waals surface area contributed by atoms with E-state index in [1.165, 1.54) is 11.3 Å². The van der Waals surface area contributed by atoms with E-state index in [9.17, 15) is 9.59 Å². The van der Waals surface area contributed by atoms with Crippen LogP contribution in [0, 0.1) is 0 Å². The second-order valence-electron chi connectivity index (χ2n) is 4.84. The fourth-order valence-electron chi connectivity index (χ4n) is 2.51. The van der Waals surface area contributed by atoms with Crippen molar-refractivity contribution in [2.24, 2.45) is 5.73 Å². The maximum absolute atomic E-state index is 12.2. The van der Waals surface area contributed by atoms with Gasteiger partial charge < -0.3 is 5.73 Å². The Labute approximate surface area is 121 Å². The first kappa shape index (κ1) is 14.5. The largest absolute Gasteiger partial charge is 0.369 e. The lowest BCUT2D eigenvalue weighted by Gasteiger charge is -2.26. The molecule has 0 radical (unpaired) electrons. The van der Waals surface area contributed by atoms with Gasteiger partial charge in [0, 0.05) is 6.04 Å². The molecule has 0 spiro atoms. The second kappa shape index (κ2) is 6.50. The second-order valence-corrected chi connectivity index (χ2v) is 6.55. The van der Waals surface area contributed by atoms with Crippen LogP contribution >= 0.6 is 22.9 Å². The molecule has 1 aromatic heterocycles. The highest BCUT2D eigenvalue weighted by Gasteiger charge is 2.26. The summed E-state index contributed by atoms with van der Waals surface area (Å²) < 4.78 is 0.602. The van der Waals surface area contributed by atoms with Gasteiger partial charge in [-0.05, 0) is 25.0 Å². The van der Waals surface area contributed by atoms with Crippen molar-refractivity contribution in [3.63, 3.8) is 0 Å². The molecule has 1 aliphatic carbocycles. The van der Waals surface area contributed by atoms with Crippen molar-refractivity contribution >= 4 is 34.6 Å². The molecule has 0 saturated heterocycles. The first-order chi connectivity index (χ1) is 9.06. The van der Waals surface area contributed by atoms with Gasteiger partial charge in [-0.25, -0.2) is 0 Å². The summed E-state index contributed by atoms with van der Waals surface area (Å²) in [5.41, 5.74) is 5.27. The van der Waals surface area contributed by atoms with Gasteiger partial charge in [0.25, 0.3) is 0 Å². The highest BCUT2D eigenvalue weighted by atomic mass is 35.5. The molecule has 1 aromatic rings. The molecule has 0 atom stereocenters. The molecule has 1 heterocycles. The molecule has 4 nitrogen and oxygen atoms in total. The van der Waals surface area contributed by atoms with Gasteiger partial charge in [0.2, 0.25) is 5.91 Å². The average Bonchev–Trinajstić information content (AvgIpc) is 2.97. The Hall–Kier alpha value is -0.910. The van der Waals surface area contributed by atoms with Crippen LogP contribution in [0.4, 0.5) is 0 Å². The molecule has 1 saturated carbocycles. The predicted molar refractivity (Wildman–Crippen MR) is 76.7 cm³/mol. The molecule has 2 rings (SSSR count). The van der Waals surface area contributed by atoms with E-state index in [1.807, 2.05) is 4.90 Å². The van der Waals surface area contributed by atoms with Gasteiger partial charge in [-0.3, -0.25) is 14.5 Å². The zero-order valence-corrected chi connectivity index (χ0v) is 12.2. The third-order valence-corrected chi connectivity index (χ3v) is 4.67. The third-order valence-electron chi connectivity index (χ3n) is 3.39. The third kappa shape index (κ3) is 4.03. The lowest BCUT2D eigenvalue weighted by molar-refractivity contribution is -0.119. The summed E-state index contributed by atoms with van der Waals surface area (Å²) in [4.78, 5) is 25.8. The Morgan fingerprint density at radius 3 is 2.53 bits per heavy atom. The van der Waals surface area contributed by atoms with Crippen molar-refractivity contribution in [3.05, 3.63) is 21.3 Å². The number of halogens is 1. The molecule has 1 fully saturated rings. The van der Waals surface area contributed by atoms with E-state index in [4.69, 9.17) is 17.3 Å². The molecular formula is C13H17ClN2O2S. The van der Waals surface area contributed by atoms with Crippen molar-refractivity contribution in [2.45, 2.75) is 31.7 Å². The van der Waals surface area contributed by atoms with Gasteiger partial charge in [0.05, 0.1) is 22.3 Å². The van der Waals surface area contributed by atoms with Crippen LogP contribution in [0.15, 0.2) is 12.1 Å². The quantitative estimate of drug-likeness (QED) is 0.820. The monoisotopic (exact) mass is 300 g/mol. The van der Waals surface area contributed by atoms with E-state index >= 15 is 0 Å². The van der Waals surface area contributed by atoms with Gasteiger partial charge >= 0.3 is 0 Å². The van der Waals surface area contributed by atoms with Crippen molar-refractivity contribution in [3.8, 4) is 0 Å². The van der Waals surface area contributed by atoms with Crippen molar-refractivity contribution in [1.29, 1.82) is 0 Å². The van der Waals surface area contributed by atoms with Gasteiger partial charge in [0.15, 0.2) is 5.78 Å². The number of carbonyl (C=O) groups is 2. The Morgan fingerprint density at radius 1 is 1.32 bits per heavy atom. The number of primary amides is 1. The lowest BCUT2D eigenvalue weighted by atomic mass is 10.2. The number of rotatable bonds is 6. The summed E-state index contributed by atoms with van der Waals surface area (Å²) in [6.45, 7) is 0.389. The maximum Gasteiger partial charge on any atom is 0.231 e. The molecule has 0 aromatic carbocycles. The smallest absolute Gasteiger partial charge is 0.231 e. The fourth-order valence-corrected chi connectivity index (χ4v) is 3.48. The lowest BCUT2D eigenvalue weighted by Crippen LogP contribution is -2.42. The Morgan fingerprint density at radius 2 is 2.00 bits per heavy atom. The van der Waals surface area contributed by atoms with Crippen LogP contribution in [-0.4, -0.2) is 35.7 Å². The van der Waals surface area contributed by atoms with Crippen LogP contribution in [-0.2, 0) is 4.79 Å². The molecule has 0 bridgehead atoms. The standard InChI is InChI=1S/C13H17ClN2O2S/c14-12-6-5-11(19-12)10(17)7-16(8-13(15)18)9-3-1-2-4-9/h5-6,9H,1-4,7-8H2,(H2,15,18). The van der Waals surface area contributed by atoms with E-state index in [1.54, 1.807) is 12.1 Å². The predicted octanol–water partition coefficient (Wildman–Crippen LogP) is 2.31. The molecule has 0 unspecified atom stereocenters. The number of carbonyl (C=O) groups excluding carboxylic acids is 2. The maximum atomic E-state index is 12.2. The van der Waals surface area contributed by atoms with Crippen LogP contribution in [0.3, 0.4) is 0 Å². The Balaban J connectivity index is 2.02. The zero-order chi connectivity index (χ0) is 13.8. The van der Waals surface area contributed by atoms with Crippen molar-refractivity contribution < 1.29 is 9.59 Å².